The summed E-state index contributed by atoms with van der Waals surface area (Å²) in [4.78, 5) is 26.8. The Hall–Kier alpha value is -2.96. The van der Waals surface area contributed by atoms with Gasteiger partial charge in [-0.2, -0.15) is 5.10 Å². The second kappa shape index (κ2) is 7.94. The zero-order chi connectivity index (χ0) is 21.5. The van der Waals surface area contributed by atoms with E-state index in [1.54, 1.807) is 0 Å². The summed E-state index contributed by atoms with van der Waals surface area (Å²) < 4.78 is 1.94. The molecule has 2 fully saturated rings. The molecule has 162 valence electrons. The number of rotatable bonds is 3. The third-order valence-electron chi connectivity index (χ3n) is 6.73. The van der Waals surface area contributed by atoms with E-state index in [9.17, 15) is 4.79 Å². The van der Waals surface area contributed by atoms with Crippen LogP contribution in [0.15, 0.2) is 24.3 Å². The second-order valence-electron chi connectivity index (χ2n) is 8.87. The lowest BCUT2D eigenvalue weighted by Gasteiger charge is -2.36. The maximum atomic E-state index is 12.8. The molecule has 31 heavy (non-hydrogen) atoms. The Morgan fingerprint density at radius 2 is 1.68 bits per heavy atom. The summed E-state index contributed by atoms with van der Waals surface area (Å²) in [6.07, 6.45) is 4.50. The van der Waals surface area contributed by atoms with Gasteiger partial charge in [0.05, 0.1) is 16.8 Å². The van der Waals surface area contributed by atoms with Crippen LogP contribution in [0.1, 0.15) is 42.8 Å². The first-order chi connectivity index (χ1) is 15.0. The molecule has 3 aromatic rings. The van der Waals surface area contributed by atoms with Crippen LogP contribution in [0.5, 0.6) is 0 Å². The lowest BCUT2D eigenvalue weighted by Crippen LogP contribution is -2.50. The highest BCUT2D eigenvalue weighted by Crippen LogP contribution is 2.31. The summed E-state index contributed by atoms with van der Waals surface area (Å²) in [5.41, 5.74) is 3.97. The Balaban J connectivity index is 1.46. The molecule has 0 bridgehead atoms. The number of piperazine rings is 1. The van der Waals surface area contributed by atoms with E-state index in [-0.39, 0.29) is 5.92 Å². The van der Waals surface area contributed by atoms with Crippen molar-refractivity contribution >= 4 is 22.8 Å². The molecule has 5 rings (SSSR count). The standard InChI is InChI=1S/C24H30N6O/c1-16-8-4-7-11-20(16)30-23-21(17(2)27-30)22(25-18(3)26-23)28-12-14-29(15-13-28)24(31)19-9-5-6-10-19/h4,7-8,11,19H,5-6,9-10,12-15H2,1-3H3. The van der Waals surface area contributed by atoms with Crippen LogP contribution in [0.25, 0.3) is 16.7 Å². The van der Waals surface area contributed by atoms with E-state index < -0.39 is 0 Å². The maximum absolute atomic E-state index is 12.8. The number of hydrogen-bond donors (Lipinski definition) is 0. The largest absolute Gasteiger partial charge is 0.352 e. The molecule has 1 saturated heterocycles. The minimum absolute atomic E-state index is 0.245. The molecule has 0 unspecified atom stereocenters. The number of hydrogen-bond acceptors (Lipinski definition) is 5. The first-order valence-corrected chi connectivity index (χ1v) is 11.4. The third kappa shape index (κ3) is 3.56. The second-order valence-corrected chi connectivity index (χ2v) is 8.87. The van der Waals surface area contributed by atoms with E-state index >= 15 is 0 Å². The molecule has 0 N–H and O–H groups in total. The van der Waals surface area contributed by atoms with Crippen molar-refractivity contribution in [3.63, 3.8) is 0 Å². The predicted octanol–water partition coefficient (Wildman–Crippen LogP) is 3.58. The molecule has 7 nitrogen and oxygen atoms in total. The van der Waals surface area contributed by atoms with Crippen molar-refractivity contribution in [1.29, 1.82) is 0 Å². The zero-order valence-electron chi connectivity index (χ0n) is 18.6. The minimum atomic E-state index is 0.245. The monoisotopic (exact) mass is 418 g/mol. The van der Waals surface area contributed by atoms with Gasteiger partial charge in [0, 0.05) is 32.1 Å². The number of amides is 1. The summed E-state index contributed by atoms with van der Waals surface area (Å²) in [5.74, 6) is 2.27. The van der Waals surface area contributed by atoms with Crippen LogP contribution in [-0.4, -0.2) is 56.7 Å². The summed E-state index contributed by atoms with van der Waals surface area (Å²) in [5, 5.41) is 5.84. The average molecular weight is 419 g/mol. The highest BCUT2D eigenvalue weighted by Gasteiger charge is 2.31. The third-order valence-corrected chi connectivity index (χ3v) is 6.73. The highest BCUT2D eigenvalue weighted by molar-refractivity contribution is 5.91. The number of aromatic nitrogens is 4. The molecule has 2 aliphatic rings. The van der Waals surface area contributed by atoms with E-state index in [4.69, 9.17) is 15.1 Å². The van der Waals surface area contributed by atoms with Gasteiger partial charge in [0.2, 0.25) is 5.91 Å². The van der Waals surface area contributed by atoms with Crippen LogP contribution in [-0.2, 0) is 4.79 Å². The van der Waals surface area contributed by atoms with E-state index in [0.717, 1.165) is 78.6 Å². The van der Waals surface area contributed by atoms with Gasteiger partial charge < -0.3 is 9.80 Å². The normalized spacial score (nSPS) is 17.6. The van der Waals surface area contributed by atoms with Crippen LogP contribution >= 0.6 is 0 Å². The molecule has 1 saturated carbocycles. The van der Waals surface area contributed by atoms with Crippen molar-refractivity contribution in [2.24, 2.45) is 5.92 Å². The number of para-hydroxylation sites is 1. The number of nitrogens with zero attached hydrogens (tertiary/aromatic N) is 6. The lowest BCUT2D eigenvalue weighted by atomic mass is 10.1. The summed E-state index contributed by atoms with van der Waals surface area (Å²) in [6.45, 7) is 9.15. The number of fused-ring (bicyclic) bond motifs is 1. The number of anilines is 1. The Morgan fingerprint density at radius 3 is 2.39 bits per heavy atom. The Morgan fingerprint density at radius 1 is 0.968 bits per heavy atom. The molecular weight excluding hydrogens is 388 g/mol. The Labute approximate surface area is 183 Å². The van der Waals surface area contributed by atoms with E-state index in [1.165, 1.54) is 12.8 Å². The van der Waals surface area contributed by atoms with Gasteiger partial charge in [-0.25, -0.2) is 14.6 Å². The highest BCUT2D eigenvalue weighted by atomic mass is 16.2. The van der Waals surface area contributed by atoms with Gasteiger partial charge in [-0.3, -0.25) is 4.79 Å². The van der Waals surface area contributed by atoms with Crippen molar-refractivity contribution in [2.45, 2.75) is 46.5 Å². The van der Waals surface area contributed by atoms with Gasteiger partial charge in [0.25, 0.3) is 0 Å². The first-order valence-electron chi connectivity index (χ1n) is 11.4. The molecule has 1 aromatic carbocycles. The van der Waals surface area contributed by atoms with Crippen LogP contribution < -0.4 is 4.90 Å². The Bertz CT molecular complexity index is 1120. The number of aryl methyl sites for hydroxylation is 3. The first kappa shape index (κ1) is 20.0. The van der Waals surface area contributed by atoms with Crippen LogP contribution in [0.2, 0.25) is 0 Å². The molecule has 7 heteroatoms. The quantitative estimate of drug-likeness (QED) is 0.650. The fourth-order valence-electron chi connectivity index (χ4n) is 5.04. The van der Waals surface area contributed by atoms with Crippen molar-refractivity contribution in [3.8, 4) is 5.69 Å². The van der Waals surface area contributed by atoms with Crippen molar-refractivity contribution in [2.75, 3.05) is 31.1 Å². The summed E-state index contributed by atoms with van der Waals surface area (Å²) in [6, 6.07) is 8.23. The molecule has 3 heterocycles. The molecule has 1 aliphatic heterocycles. The van der Waals surface area contributed by atoms with Crippen molar-refractivity contribution in [3.05, 3.63) is 41.3 Å². The lowest BCUT2D eigenvalue weighted by molar-refractivity contribution is -0.135. The average Bonchev–Trinajstić information content (AvgIpc) is 3.42. The fourth-order valence-corrected chi connectivity index (χ4v) is 5.04. The SMILES string of the molecule is Cc1nc(N2CCN(C(=O)C3CCCC3)CC2)c2c(C)nn(-c3ccccc3C)c2n1. The molecule has 1 amide bonds. The minimum Gasteiger partial charge on any atom is -0.352 e. The molecule has 0 radical (unpaired) electrons. The van der Waals surface area contributed by atoms with Crippen LogP contribution in [0, 0.1) is 26.7 Å². The molecule has 2 aromatic heterocycles. The summed E-state index contributed by atoms with van der Waals surface area (Å²) >= 11 is 0. The van der Waals surface area contributed by atoms with Gasteiger partial charge in [0.1, 0.15) is 11.6 Å². The van der Waals surface area contributed by atoms with Gasteiger partial charge in [-0.1, -0.05) is 31.0 Å². The van der Waals surface area contributed by atoms with E-state index in [0.29, 0.717) is 5.91 Å². The molecule has 0 atom stereocenters. The number of carbonyl (C=O) groups is 1. The maximum Gasteiger partial charge on any atom is 0.225 e. The topological polar surface area (TPSA) is 67.2 Å². The zero-order valence-corrected chi connectivity index (χ0v) is 18.6. The van der Waals surface area contributed by atoms with E-state index in [2.05, 4.69) is 28.9 Å². The molecule has 1 aliphatic carbocycles. The van der Waals surface area contributed by atoms with Gasteiger partial charge in [-0.05, 0) is 45.2 Å². The predicted molar refractivity (Wildman–Crippen MR) is 122 cm³/mol. The number of carbonyl (C=O) groups excluding carboxylic acids is 1. The Kier molecular flexibility index (Phi) is 5.12. The van der Waals surface area contributed by atoms with Gasteiger partial charge >= 0.3 is 0 Å². The number of benzene rings is 1. The van der Waals surface area contributed by atoms with Crippen molar-refractivity contribution in [1.82, 2.24) is 24.6 Å². The van der Waals surface area contributed by atoms with Crippen LogP contribution in [0.3, 0.4) is 0 Å². The summed E-state index contributed by atoms with van der Waals surface area (Å²) in [7, 11) is 0. The van der Waals surface area contributed by atoms with E-state index in [1.807, 2.05) is 30.7 Å². The smallest absolute Gasteiger partial charge is 0.225 e. The van der Waals surface area contributed by atoms with Gasteiger partial charge in [0.15, 0.2) is 5.65 Å². The van der Waals surface area contributed by atoms with Crippen LogP contribution in [0.4, 0.5) is 5.82 Å². The fraction of sp³-hybridized carbons (Fsp3) is 0.500. The van der Waals surface area contributed by atoms with Crippen molar-refractivity contribution < 1.29 is 4.79 Å². The molecule has 0 spiro atoms. The van der Waals surface area contributed by atoms with Gasteiger partial charge in [-0.15, -0.1) is 0 Å². The molecular formula is C24H30N6O.